The first kappa shape index (κ1) is 22.5. The lowest BCUT2D eigenvalue weighted by molar-refractivity contribution is -0.123. The monoisotopic (exact) mass is 466 g/mol. The van der Waals surface area contributed by atoms with Crippen LogP contribution < -0.4 is 11.1 Å². The Morgan fingerprint density at radius 2 is 1.68 bits per heavy atom. The molecule has 0 aliphatic carbocycles. The van der Waals surface area contributed by atoms with E-state index in [0.717, 1.165) is 24.3 Å². The van der Waals surface area contributed by atoms with E-state index >= 15 is 0 Å². The Morgan fingerprint density at radius 1 is 1.06 bits per heavy atom. The third kappa shape index (κ3) is 4.33. The number of nitrogens with one attached hydrogen (secondary N) is 1. The van der Waals surface area contributed by atoms with Crippen molar-refractivity contribution in [1.82, 2.24) is 0 Å². The lowest BCUT2D eigenvalue weighted by Crippen LogP contribution is -2.24. The minimum Gasteiger partial charge on any atom is -0.384 e. The average molecular weight is 466 g/mol. The molecule has 1 aromatic heterocycles. The first-order valence-electron chi connectivity index (χ1n) is 8.75. The van der Waals surface area contributed by atoms with Crippen molar-refractivity contribution in [3.05, 3.63) is 65.7 Å². The summed E-state index contributed by atoms with van der Waals surface area (Å²) in [5, 5.41) is 11.8. The van der Waals surface area contributed by atoms with Crippen LogP contribution in [-0.2, 0) is 14.6 Å². The summed E-state index contributed by atoms with van der Waals surface area (Å²) in [4.78, 5) is 22.7. The van der Waals surface area contributed by atoms with Crippen LogP contribution in [0.15, 0.2) is 57.6 Å². The Morgan fingerprint density at radius 3 is 2.26 bits per heavy atom. The summed E-state index contributed by atoms with van der Waals surface area (Å²) in [6, 6.07) is 9.71. The van der Waals surface area contributed by atoms with E-state index in [4.69, 9.17) is 5.73 Å². The van der Waals surface area contributed by atoms with Crippen LogP contribution >= 0.6 is 11.3 Å². The molecular formula is C20H16F2N2O5S2. The van der Waals surface area contributed by atoms with Gasteiger partial charge in [0, 0.05) is 11.1 Å². The summed E-state index contributed by atoms with van der Waals surface area (Å²) in [5.74, 6) is -4.20. The summed E-state index contributed by atoms with van der Waals surface area (Å²) in [5.41, 5.74) is 5.71. The van der Waals surface area contributed by atoms with Crippen LogP contribution in [0.5, 0.6) is 0 Å². The molecule has 3 rings (SSSR count). The Labute approximate surface area is 180 Å². The third-order valence-electron chi connectivity index (χ3n) is 4.26. The van der Waals surface area contributed by atoms with E-state index in [-0.39, 0.29) is 21.7 Å². The number of amides is 2. The van der Waals surface area contributed by atoms with Gasteiger partial charge in [-0.05, 0) is 36.8 Å². The number of aliphatic hydroxyl groups excluding tert-OH is 1. The summed E-state index contributed by atoms with van der Waals surface area (Å²) in [6.45, 7) is 1.20. The predicted octanol–water partition coefficient (Wildman–Crippen LogP) is 2.94. The minimum absolute atomic E-state index is 0.0360. The molecule has 31 heavy (non-hydrogen) atoms. The largest absolute Gasteiger partial charge is 0.384 e. The van der Waals surface area contributed by atoms with Crippen molar-refractivity contribution in [2.75, 3.05) is 5.32 Å². The smallest absolute Gasteiger partial charge is 0.253 e. The fraction of sp³-hybridized carbons (Fsp3) is 0.100. The van der Waals surface area contributed by atoms with E-state index < -0.39 is 48.5 Å². The lowest BCUT2D eigenvalue weighted by atomic mass is 10.0. The van der Waals surface area contributed by atoms with Crippen molar-refractivity contribution in [1.29, 1.82) is 0 Å². The van der Waals surface area contributed by atoms with E-state index in [9.17, 15) is 31.9 Å². The number of anilines is 1. The van der Waals surface area contributed by atoms with Crippen molar-refractivity contribution >= 4 is 38.0 Å². The number of carbonyl (C=O) groups excluding carboxylic acids is 2. The molecule has 0 spiro atoms. The highest BCUT2D eigenvalue weighted by molar-refractivity contribution is 7.93. The number of nitrogens with two attached hydrogens (primary N) is 1. The second-order valence-electron chi connectivity index (χ2n) is 6.44. The molecule has 0 radical (unpaired) electrons. The van der Waals surface area contributed by atoms with Gasteiger partial charge in [0.25, 0.3) is 5.91 Å². The molecule has 2 aromatic carbocycles. The summed E-state index contributed by atoms with van der Waals surface area (Å²) in [6.07, 6.45) is -1.43. The lowest BCUT2D eigenvalue weighted by Gasteiger charge is -2.10. The quantitative estimate of drug-likeness (QED) is 0.515. The van der Waals surface area contributed by atoms with Crippen LogP contribution in [0.3, 0.4) is 0 Å². The van der Waals surface area contributed by atoms with Gasteiger partial charge in [-0.3, -0.25) is 9.59 Å². The first-order chi connectivity index (χ1) is 14.5. The van der Waals surface area contributed by atoms with Crippen LogP contribution in [0.2, 0.25) is 0 Å². The molecule has 1 unspecified atom stereocenters. The average Bonchev–Trinajstić information content (AvgIpc) is 3.12. The molecule has 11 heteroatoms. The highest BCUT2D eigenvalue weighted by Crippen LogP contribution is 2.42. The Bertz CT molecular complexity index is 1270. The van der Waals surface area contributed by atoms with Gasteiger partial charge in [-0.15, -0.1) is 11.3 Å². The number of hydrogen-bond acceptors (Lipinski definition) is 6. The number of hydrogen-bond donors (Lipinski definition) is 3. The topological polar surface area (TPSA) is 127 Å². The molecule has 0 aliphatic heterocycles. The highest BCUT2D eigenvalue weighted by atomic mass is 32.2. The zero-order valence-electron chi connectivity index (χ0n) is 15.9. The van der Waals surface area contributed by atoms with E-state index in [1.165, 1.54) is 25.1 Å². The first-order valence-corrected chi connectivity index (χ1v) is 11.0. The number of aliphatic hydroxyl groups is 1. The molecular weight excluding hydrogens is 450 g/mol. The van der Waals surface area contributed by atoms with Gasteiger partial charge in [0.05, 0.1) is 0 Å². The van der Waals surface area contributed by atoms with Gasteiger partial charge in [-0.25, -0.2) is 17.2 Å². The van der Waals surface area contributed by atoms with Gasteiger partial charge in [-0.2, -0.15) is 0 Å². The van der Waals surface area contributed by atoms with E-state index in [0.29, 0.717) is 11.3 Å². The Hall–Kier alpha value is -3.15. The van der Waals surface area contributed by atoms with Crippen molar-refractivity contribution in [2.45, 2.75) is 22.1 Å². The maximum Gasteiger partial charge on any atom is 0.253 e. The van der Waals surface area contributed by atoms with Gasteiger partial charge in [0.2, 0.25) is 15.7 Å². The molecule has 1 heterocycles. The molecule has 1 atom stereocenters. The maximum atomic E-state index is 14.2. The van der Waals surface area contributed by atoms with Crippen LogP contribution in [-0.4, -0.2) is 31.4 Å². The number of benzene rings is 2. The second kappa shape index (κ2) is 8.53. The van der Waals surface area contributed by atoms with Crippen LogP contribution in [0.4, 0.5) is 13.8 Å². The zero-order valence-corrected chi connectivity index (χ0v) is 17.6. The predicted molar refractivity (Wildman–Crippen MR) is 110 cm³/mol. The molecule has 4 N–H and O–H groups in total. The molecule has 7 nitrogen and oxygen atoms in total. The fourth-order valence-corrected chi connectivity index (χ4v) is 5.65. The number of sulfone groups is 1. The summed E-state index contributed by atoms with van der Waals surface area (Å²) in [7, 11) is -4.66. The molecule has 162 valence electrons. The summed E-state index contributed by atoms with van der Waals surface area (Å²) < 4.78 is 53.8. The van der Waals surface area contributed by atoms with Crippen LogP contribution in [0.1, 0.15) is 17.3 Å². The minimum atomic E-state index is -4.66. The van der Waals surface area contributed by atoms with Crippen LogP contribution in [0.25, 0.3) is 11.1 Å². The standard InChI is InChI=1S/C20H16F2N2O5S2/c1-10(25)19(27)24-20-13(11-5-2-3-6-12(11)18(23)26)9-16(30-20)31(28,29)17-14(21)7-4-8-15(17)22/h2-10,25H,1H3,(H2,23,26)(H,24,27). The van der Waals surface area contributed by atoms with Gasteiger partial charge in [0.15, 0.2) is 0 Å². The number of thiophene rings is 1. The normalized spacial score (nSPS) is 12.4. The number of halogens is 2. The van der Waals surface area contributed by atoms with Crippen molar-refractivity contribution in [3.8, 4) is 11.1 Å². The van der Waals surface area contributed by atoms with Crippen molar-refractivity contribution < 1.29 is 31.9 Å². The Balaban J connectivity index is 2.26. The molecule has 3 aromatic rings. The fourth-order valence-electron chi connectivity index (χ4n) is 2.78. The molecule has 0 fully saturated rings. The number of rotatable bonds is 6. The van der Waals surface area contributed by atoms with Crippen LogP contribution in [0, 0.1) is 11.6 Å². The summed E-state index contributed by atoms with van der Waals surface area (Å²) >= 11 is 0.523. The molecule has 0 bridgehead atoms. The number of carbonyl (C=O) groups is 2. The zero-order chi connectivity index (χ0) is 22.9. The molecule has 0 saturated carbocycles. The molecule has 0 saturated heterocycles. The van der Waals surface area contributed by atoms with Gasteiger partial charge in [0.1, 0.15) is 31.8 Å². The van der Waals surface area contributed by atoms with E-state index in [1.54, 1.807) is 6.07 Å². The van der Waals surface area contributed by atoms with Gasteiger partial charge in [-0.1, -0.05) is 24.3 Å². The Kier molecular flexibility index (Phi) is 6.20. The van der Waals surface area contributed by atoms with Crippen molar-refractivity contribution in [3.63, 3.8) is 0 Å². The highest BCUT2D eigenvalue weighted by Gasteiger charge is 2.30. The van der Waals surface area contributed by atoms with Gasteiger partial charge < -0.3 is 16.2 Å². The molecule has 2 amide bonds. The third-order valence-corrected chi connectivity index (χ3v) is 7.59. The molecule has 0 aliphatic rings. The van der Waals surface area contributed by atoms with Crippen molar-refractivity contribution in [2.24, 2.45) is 5.73 Å². The van der Waals surface area contributed by atoms with Gasteiger partial charge >= 0.3 is 0 Å². The maximum absolute atomic E-state index is 14.2. The second-order valence-corrected chi connectivity index (χ2v) is 9.60. The van der Waals surface area contributed by atoms with E-state index in [2.05, 4.69) is 5.32 Å². The number of primary amides is 1. The van der Waals surface area contributed by atoms with E-state index in [1.807, 2.05) is 0 Å². The SMILES string of the molecule is CC(O)C(=O)Nc1sc(S(=O)(=O)c2c(F)cccc2F)cc1-c1ccccc1C(N)=O.